The smallest absolute Gasteiger partial charge is 0.133 e. The van der Waals surface area contributed by atoms with Gasteiger partial charge >= 0.3 is 0 Å². The molecule has 118 valence electrons. The van der Waals surface area contributed by atoms with E-state index in [1.165, 1.54) is 29.8 Å². The van der Waals surface area contributed by atoms with Crippen LogP contribution in [-0.4, -0.2) is 24.6 Å². The molecule has 1 aliphatic rings. The van der Waals surface area contributed by atoms with Crippen LogP contribution in [0.4, 0.5) is 5.82 Å². The quantitative estimate of drug-likeness (QED) is 0.896. The lowest BCUT2D eigenvalue weighted by Gasteiger charge is -2.36. The second kappa shape index (κ2) is 7.26. The summed E-state index contributed by atoms with van der Waals surface area (Å²) in [6.45, 7) is 15.4. The van der Waals surface area contributed by atoms with Gasteiger partial charge in [-0.2, -0.15) is 0 Å². The molecule has 3 nitrogen and oxygen atoms in total. The molecule has 0 bridgehead atoms. The van der Waals surface area contributed by atoms with Gasteiger partial charge in [0, 0.05) is 30.9 Å². The highest BCUT2D eigenvalue weighted by Gasteiger charge is 2.24. The van der Waals surface area contributed by atoms with E-state index in [4.69, 9.17) is 4.98 Å². The van der Waals surface area contributed by atoms with Crippen LogP contribution in [-0.2, 0) is 6.54 Å². The Morgan fingerprint density at radius 3 is 2.52 bits per heavy atom. The molecule has 3 heteroatoms. The topological polar surface area (TPSA) is 28.2 Å². The van der Waals surface area contributed by atoms with Crippen LogP contribution < -0.4 is 10.2 Å². The Balaban J connectivity index is 2.18. The third-order valence-corrected chi connectivity index (χ3v) is 4.79. The monoisotopic (exact) mass is 289 g/mol. The zero-order valence-corrected chi connectivity index (χ0v) is 14.4. The van der Waals surface area contributed by atoms with Gasteiger partial charge in [-0.15, -0.1) is 0 Å². The van der Waals surface area contributed by atoms with E-state index in [-0.39, 0.29) is 0 Å². The minimum Gasteiger partial charge on any atom is -0.356 e. The summed E-state index contributed by atoms with van der Waals surface area (Å²) >= 11 is 0. The zero-order valence-electron chi connectivity index (χ0n) is 14.4. The number of anilines is 1. The summed E-state index contributed by atoms with van der Waals surface area (Å²) in [6, 6.07) is 2.21. The molecule has 1 aliphatic heterocycles. The van der Waals surface area contributed by atoms with Crippen molar-refractivity contribution in [1.82, 2.24) is 10.3 Å². The third-order valence-electron chi connectivity index (χ3n) is 4.79. The Kier molecular flexibility index (Phi) is 5.63. The summed E-state index contributed by atoms with van der Waals surface area (Å²) in [4.78, 5) is 7.37. The zero-order chi connectivity index (χ0) is 15.4. The lowest BCUT2D eigenvalue weighted by Crippen LogP contribution is -2.37. The number of aromatic nitrogens is 1. The summed E-state index contributed by atoms with van der Waals surface area (Å²) in [6.07, 6.45) is 2.60. The van der Waals surface area contributed by atoms with Gasteiger partial charge in [0.25, 0.3) is 0 Å². The van der Waals surface area contributed by atoms with Gasteiger partial charge in [-0.3, -0.25) is 0 Å². The highest BCUT2D eigenvalue weighted by molar-refractivity contribution is 5.52. The number of nitrogens with zero attached hydrogens (tertiary/aromatic N) is 2. The fraction of sp³-hybridized carbons (Fsp3) is 0.722. The van der Waals surface area contributed by atoms with Gasteiger partial charge in [0.15, 0.2) is 0 Å². The first-order valence-corrected chi connectivity index (χ1v) is 8.45. The molecular weight excluding hydrogens is 258 g/mol. The maximum Gasteiger partial charge on any atom is 0.133 e. The first kappa shape index (κ1) is 16.3. The minimum absolute atomic E-state index is 0.806. The van der Waals surface area contributed by atoms with Crippen LogP contribution in [0.3, 0.4) is 0 Å². The van der Waals surface area contributed by atoms with Crippen LogP contribution in [0.5, 0.6) is 0 Å². The molecule has 0 saturated carbocycles. The van der Waals surface area contributed by atoms with Gasteiger partial charge in [-0.25, -0.2) is 4.98 Å². The maximum absolute atomic E-state index is 4.87. The number of pyridine rings is 1. The van der Waals surface area contributed by atoms with Crippen molar-refractivity contribution in [3.8, 4) is 0 Å². The molecule has 2 heterocycles. The number of nitrogens with one attached hydrogen (secondary N) is 1. The molecule has 1 N–H and O–H groups in total. The molecule has 1 fully saturated rings. The number of hydrogen-bond donors (Lipinski definition) is 1. The fourth-order valence-electron chi connectivity index (χ4n) is 3.35. The number of rotatable bonds is 5. The maximum atomic E-state index is 4.87. The highest BCUT2D eigenvalue weighted by Crippen LogP contribution is 2.30. The molecule has 2 rings (SSSR count). The van der Waals surface area contributed by atoms with E-state index >= 15 is 0 Å². The van der Waals surface area contributed by atoms with E-state index in [1.807, 2.05) is 0 Å². The molecule has 1 aromatic heterocycles. The lowest BCUT2D eigenvalue weighted by atomic mass is 9.86. The van der Waals surface area contributed by atoms with Crippen molar-refractivity contribution < 1.29 is 0 Å². The summed E-state index contributed by atoms with van der Waals surface area (Å²) in [5.41, 5.74) is 3.88. The van der Waals surface area contributed by atoms with Crippen molar-refractivity contribution in [2.45, 2.75) is 54.0 Å². The van der Waals surface area contributed by atoms with Crippen LogP contribution >= 0.6 is 0 Å². The van der Waals surface area contributed by atoms with Gasteiger partial charge in [-0.05, 0) is 56.7 Å². The van der Waals surface area contributed by atoms with Crippen molar-refractivity contribution in [2.75, 3.05) is 24.5 Å². The van der Waals surface area contributed by atoms with Gasteiger partial charge in [0.05, 0.1) is 0 Å². The Morgan fingerprint density at radius 1 is 1.29 bits per heavy atom. The number of piperidine rings is 1. The molecule has 21 heavy (non-hydrogen) atoms. The van der Waals surface area contributed by atoms with Crippen LogP contribution in [0.2, 0.25) is 0 Å². The summed E-state index contributed by atoms with van der Waals surface area (Å²) in [5.74, 6) is 2.90. The standard InChI is InChI=1S/C18H31N3/c1-6-19-12-17-14(4)11-15(5)20-18(17)21-9-7-16(8-10-21)13(2)3/h11,13,16,19H,6-10,12H2,1-5H3. The molecule has 1 saturated heterocycles. The first-order valence-electron chi connectivity index (χ1n) is 8.45. The van der Waals surface area contributed by atoms with E-state index < -0.39 is 0 Å². The molecule has 0 atom stereocenters. The highest BCUT2D eigenvalue weighted by atomic mass is 15.2. The Bertz CT molecular complexity index is 460. The van der Waals surface area contributed by atoms with Gasteiger partial charge in [0.1, 0.15) is 5.82 Å². The van der Waals surface area contributed by atoms with Crippen molar-refractivity contribution in [3.63, 3.8) is 0 Å². The SMILES string of the molecule is CCNCc1c(C)cc(C)nc1N1CCC(C(C)C)CC1. The second-order valence-electron chi connectivity index (χ2n) is 6.73. The molecule has 0 unspecified atom stereocenters. The van der Waals surface area contributed by atoms with Gasteiger partial charge in [0.2, 0.25) is 0 Å². The van der Waals surface area contributed by atoms with Gasteiger partial charge < -0.3 is 10.2 Å². The predicted octanol–water partition coefficient (Wildman–Crippen LogP) is 3.68. The average molecular weight is 289 g/mol. The van der Waals surface area contributed by atoms with E-state index in [2.05, 4.69) is 50.9 Å². The predicted molar refractivity (Wildman–Crippen MR) is 90.9 cm³/mol. The van der Waals surface area contributed by atoms with Crippen molar-refractivity contribution in [2.24, 2.45) is 11.8 Å². The Labute approximate surface area is 130 Å². The van der Waals surface area contributed by atoms with Crippen LogP contribution in [0.25, 0.3) is 0 Å². The molecule has 0 spiro atoms. The Morgan fingerprint density at radius 2 is 1.95 bits per heavy atom. The van der Waals surface area contributed by atoms with Crippen LogP contribution in [0.15, 0.2) is 6.07 Å². The Hall–Kier alpha value is -1.09. The third kappa shape index (κ3) is 3.97. The average Bonchev–Trinajstić information content (AvgIpc) is 2.46. The van der Waals surface area contributed by atoms with E-state index in [9.17, 15) is 0 Å². The molecule has 0 amide bonds. The first-order chi connectivity index (χ1) is 10.0. The summed E-state index contributed by atoms with van der Waals surface area (Å²) in [7, 11) is 0. The largest absolute Gasteiger partial charge is 0.356 e. The van der Waals surface area contributed by atoms with Crippen LogP contribution in [0.1, 0.15) is 50.4 Å². The summed E-state index contributed by atoms with van der Waals surface area (Å²) in [5, 5.41) is 3.46. The van der Waals surface area contributed by atoms with Crippen molar-refractivity contribution in [1.29, 1.82) is 0 Å². The normalized spacial score (nSPS) is 16.8. The lowest BCUT2D eigenvalue weighted by molar-refractivity contribution is 0.310. The molecule has 0 radical (unpaired) electrons. The second-order valence-corrected chi connectivity index (χ2v) is 6.73. The number of aryl methyl sites for hydroxylation is 2. The molecule has 1 aromatic rings. The molecule has 0 aromatic carbocycles. The van der Waals surface area contributed by atoms with Gasteiger partial charge in [-0.1, -0.05) is 20.8 Å². The molecular formula is C18H31N3. The minimum atomic E-state index is 0.806. The van der Waals surface area contributed by atoms with E-state index in [0.29, 0.717) is 0 Å². The van der Waals surface area contributed by atoms with E-state index in [0.717, 1.165) is 43.7 Å². The number of hydrogen-bond acceptors (Lipinski definition) is 3. The van der Waals surface area contributed by atoms with Crippen LogP contribution in [0, 0.1) is 25.7 Å². The molecule has 0 aliphatic carbocycles. The summed E-state index contributed by atoms with van der Waals surface area (Å²) < 4.78 is 0. The van der Waals surface area contributed by atoms with E-state index in [1.54, 1.807) is 0 Å². The fourth-order valence-corrected chi connectivity index (χ4v) is 3.35. The van der Waals surface area contributed by atoms with Crippen molar-refractivity contribution in [3.05, 3.63) is 22.9 Å². The van der Waals surface area contributed by atoms with Crippen molar-refractivity contribution >= 4 is 5.82 Å².